The third kappa shape index (κ3) is 2.51. The first-order valence-electron chi connectivity index (χ1n) is 5.41. The summed E-state index contributed by atoms with van der Waals surface area (Å²) in [6.45, 7) is 1.21. The van der Waals surface area contributed by atoms with E-state index in [1.807, 2.05) is 12.1 Å². The van der Waals surface area contributed by atoms with Crippen LogP contribution in [-0.2, 0) is 0 Å². The Labute approximate surface area is 95.3 Å². The van der Waals surface area contributed by atoms with Gasteiger partial charge in [0.1, 0.15) is 0 Å². The molecule has 1 saturated heterocycles. The van der Waals surface area contributed by atoms with Crippen molar-refractivity contribution in [1.82, 2.24) is 5.32 Å². The fraction of sp³-hybridized carbons (Fsp3) is 0.500. The van der Waals surface area contributed by atoms with Gasteiger partial charge in [0.2, 0.25) is 0 Å². The minimum Gasteiger partial charge on any atom is -0.395 e. The van der Waals surface area contributed by atoms with E-state index in [1.54, 1.807) is 0 Å². The third-order valence-corrected chi connectivity index (χ3v) is 3.33. The molecule has 1 heterocycles. The molecule has 82 valence electrons. The SMILES string of the molecule is OCC1NCCCC1c1ccc(Cl)cc1. The standard InChI is InChI=1S/C12H16ClNO/c13-10-5-3-9(4-6-10)11-2-1-7-14-12(11)8-15/h3-6,11-12,14-15H,1-2,7-8H2. The van der Waals surface area contributed by atoms with Crippen LogP contribution in [0.4, 0.5) is 0 Å². The number of hydrogen-bond donors (Lipinski definition) is 2. The molecule has 2 nitrogen and oxygen atoms in total. The smallest absolute Gasteiger partial charge is 0.0590 e. The molecule has 1 aromatic rings. The van der Waals surface area contributed by atoms with Crippen molar-refractivity contribution >= 4 is 11.6 Å². The summed E-state index contributed by atoms with van der Waals surface area (Å²) in [5.74, 6) is 0.418. The molecule has 1 fully saturated rings. The minimum atomic E-state index is 0.194. The number of piperidine rings is 1. The predicted molar refractivity (Wildman–Crippen MR) is 62.3 cm³/mol. The van der Waals surface area contributed by atoms with Crippen molar-refractivity contribution in [2.24, 2.45) is 0 Å². The highest BCUT2D eigenvalue weighted by Crippen LogP contribution is 2.28. The lowest BCUT2D eigenvalue weighted by Gasteiger charge is -2.31. The Morgan fingerprint density at radius 2 is 2.07 bits per heavy atom. The molecule has 0 bridgehead atoms. The van der Waals surface area contributed by atoms with Gasteiger partial charge in [0.25, 0.3) is 0 Å². The zero-order valence-electron chi connectivity index (χ0n) is 8.62. The largest absolute Gasteiger partial charge is 0.395 e. The van der Waals surface area contributed by atoms with Crippen LogP contribution in [0.3, 0.4) is 0 Å². The molecule has 0 amide bonds. The topological polar surface area (TPSA) is 32.3 Å². The van der Waals surface area contributed by atoms with Gasteiger partial charge in [0.05, 0.1) is 6.61 Å². The third-order valence-electron chi connectivity index (χ3n) is 3.08. The van der Waals surface area contributed by atoms with Crippen LogP contribution >= 0.6 is 11.6 Å². The number of aliphatic hydroxyl groups is 1. The average molecular weight is 226 g/mol. The van der Waals surface area contributed by atoms with E-state index in [0.29, 0.717) is 5.92 Å². The number of rotatable bonds is 2. The minimum absolute atomic E-state index is 0.194. The molecule has 0 spiro atoms. The number of halogens is 1. The van der Waals surface area contributed by atoms with Crippen LogP contribution in [0.2, 0.25) is 5.02 Å². The Balaban J connectivity index is 2.16. The second-order valence-corrected chi connectivity index (χ2v) is 4.48. The molecule has 0 aliphatic carbocycles. The van der Waals surface area contributed by atoms with E-state index in [9.17, 15) is 5.11 Å². The van der Waals surface area contributed by atoms with Crippen molar-refractivity contribution in [1.29, 1.82) is 0 Å². The number of nitrogens with one attached hydrogen (secondary N) is 1. The van der Waals surface area contributed by atoms with Crippen LogP contribution in [0.15, 0.2) is 24.3 Å². The summed E-state index contributed by atoms with van der Waals surface area (Å²) in [6, 6.07) is 8.14. The number of hydrogen-bond acceptors (Lipinski definition) is 2. The fourth-order valence-electron chi connectivity index (χ4n) is 2.25. The Kier molecular flexibility index (Phi) is 3.62. The van der Waals surface area contributed by atoms with Gasteiger partial charge in [-0.2, -0.15) is 0 Å². The monoisotopic (exact) mass is 225 g/mol. The summed E-state index contributed by atoms with van der Waals surface area (Å²) in [6.07, 6.45) is 2.31. The highest BCUT2D eigenvalue weighted by atomic mass is 35.5. The van der Waals surface area contributed by atoms with Crippen molar-refractivity contribution in [2.75, 3.05) is 13.2 Å². The van der Waals surface area contributed by atoms with Gasteiger partial charge in [-0.05, 0) is 37.1 Å². The van der Waals surface area contributed by atoms with Crippen LogP contribution in [0.25, 0.3) is 0 Å². The second kappa shape index (κ2) is 4.97. The van der Waals surface area contributed by atoms with Crippen LogP contribution < -0.4 is 5.32 Å². The maximum absolute atomic E-state index is 9.29. The molecular weight excluding hydrogens is 210 g/mol. The van der Waals surface area contributed by atoms with Crippen molar-refractivity contribution < 1.29 is 5.11 Å². The maximum atomic E-state index is 9.29. The van der Waals surface area contributed by atoms with Gasteiger partial charge < -0.3 is 10.4 Å². The molecule has 3 heteroatoms. The van der Waals surface area contributed by atoms with E-state index in [2.05, 4.69) is 17.4 Å². The zero-order valence-corrected chi connectivity index (χ0v) is 9.37. The summed E-state index contributed by atoms with van der Waals surface area (Å²) >= 11 is 5.86. The van der Waals surface area contributed by atoms with E-state index in [0.717, 1.165) is 18.0 Å². The quantitative estimate of drug-likeness (QED) is 0.809. The lowest BCUT2D eigenvalue weighted by atomic mass is 9.85. The molecule has 2 unspecified atom stereocenters. The van der Waals surface area contributed by atoms with Gasteiger partial charge in [0.15, 0.2) is 0 Å². The summed E-state index contributed by atoms with van der Waals surface area (Å²) in [7, 11) is 0. The highest BCUT2D eigenvalue weighted by Gasteiger charge is 2.25. The normalized spacial score (nSPS) is 26.5. The molecule has 2 atom stereocenters. The number of benzene rings is 1. The van der Waals surface area contributed by atoms with Crippen molar-refractivity contribution in [2.45, 2.75) is 24.8 Å². The molecule has 1 aliphatic rings. The summed E-state index contributed by atoms with van der Waals surface area (Å²) in [4.78, 5) is 0. The lowest BCUT2D eigenvalue weighted by molar-refractivity contribution is 0.202. The van der Waals surface area contributed by atoms with Crippen LogP contribution in [-0.4, -0.2) is 24.3 Å². The van der Waals surface area contributed by atoms with Crippen molar-refractivity contribution in [3.63, 3.8) is 0 Å². The molecule has 1 aliphatic heterocycles. The van der Waals surface area contributed by atoms with Gasteiger partial charge in [0, 0.05) is 17.0 Å². The molecular formula is C12H16ClNO. The summed E-state index contributed by atoms with van der Waals surface area (Å²) in [5.41, 5.74) is 1.27. The molecule has 0 saturated carbocycles. The Morgan fingerprint density at radius 1 is 1.33 bits per heavy atom. The molecule has 15 heavy (non-hydrogen) atoms. The van der Waals surface area contributed by atoms with E-state index >= 15 is 0 Å². The first-order valence-corrected chi connectivity index (χ1v) is 5.79. The van der Waals surface area contributed by atoms with Gasteiger partial charge in [-0.1, -0.05) is 23.7 Å². The maximum Gasteiger partial charge on any atom is 0.0590 e. The molecule has 0 aromatic heterocycles. The molecule has 0 radical (unpaired) electrons. The van der Waals surface area contributed by atoms with Gasteiger partial charge in [-0.3, -0.25) is 0 Å². The first kappa shape index (κ1) is 10.9. The highest BCUT2D eigenvalue weighted by molar-refractivity contribution is 6.30. The second-order valence-electron chi connectivity index (χ2n) is 4.04. The zero-order chi connectivity index (χ0) is 10.7. The van der Waals surface area contributed by atoms with E-state index < -0.39 is 0 Å². The van der Waals surface area contributed by atoms with Crippen molar-refractivity contribution in [3.8, 4) is 0 Å². The summed E-state index contributed by atoms with van der Waals surface area (Å²) in [5, 5.41) is 13.4. The first-order chi connectivity index (χ1) is 7.31. The Hall–Kier alpha value is -0.570. The molecule has 1 aromatic carbocycles. The Bertz CT molecular complexity index is 312. The molecule has 2 rings (SSSR count). The van der Waals surface area contributed by atoms with E-state index in [-0.39, 0.29) is 12.6 Å². The van der Waals surface area contributed by atoms with Gasteiger partial charge in [-0.25, -0.2) is 0 Å². The predicted octanol–water partition coefficient (Wildman–Crippen LogP) is 2.17. The average Bonchev–Trinajstić information content (AvgIpc) is 2.30. The van der Waals surface area contributed by atoms with Crippen LogP contribution in [0.5, 0.6) is 0 Å². The molecule has 2 N–H and O–H groups in total. The fourth-order valence-corrected chi connectivity index (χ4v) is 2.38. The number of aliphatic hydroxyl groups excluding tert-OH is 1. The lowest BCUT2D eigenvalue weighted by Crippen LogP contribution is -2.42. The van der Waals surface area contributed by atoms with Crippen molar-refractivity contribution in [3.05, 3.63) is 34.9 Å². The summed E-state index contributed by atoms with van der Waals surface area (Å²) < 4.78 is 0. The van der Waals surface area contributed by atoms with E-state index in [1.165, 1.54) is 12.0 Å². The van der Waals surface area contributed by atoms with E-state index in [4.69, 9.17) is 11.6 Å². The van der Waals surface area contributed by atoms with Gasteiger partial charge >= 0.3 is 0 Å². The van der Waals surface area contributed by atoms with Crippen LogP contribution in [0, 0.1) is 0 Å². The van der Waals surface area contributed by atoms with Crippen LogP contribution in [0.1, 0.15) is 24.3 Å². The van der Waals surface area contributed by atoms with Gasteiger partial charge in [-0.15, -0.1) is 0 Å². The Morgan fingerprint density at radius 3 is 2.73 bits per heavy atom.